The predicted molar refractivity (Wildman–Crippen MR) is 89.3 cm³/mol. The Bertz CT molecular complexity index is 450. The smallest absolute Gasteiger partial charge is 0.226 e. The van der Waals surface area contributed by atoms with Crippen molar-refractivity contribution in [1.82, 2.24) is 10.3 Å². The molecule has 1 aromatic heterocycles. The van der Waals surface area contributed by atoms with E-state index in [0.29, 0.717) is 12.2 Å². The lowest BCUT2D eigenvalue weighted by Gasteiger charge is -2.29. The SMILES string of the molecule is CC(C)(C)CC(=O)Nc1ccc(N2CCNCC2)cn1.Cl. The van der Waals surface area contributed by atoms with E-state index in [0.717, 1.165) is 31.9 Å². The zero-order valence-corrected chi connectivity index (χ0v) is 13.8. The molecule has 0 aliphatic carbocycles. The monoisotopic (exact) mass is 312 g/mol. The van der Waals surface area contributed by atoms with Gasteiger partial charge in [0.15, 0.2) is 0 Å². The normalized spacial score (nSPS) is 15.3. The third-order valence-corrected chi connectivity index (χ3v) is 3.19. The highest BCUT2D eigenvalue weighted by Gasteiger charge is 2.16. The molecule has 1 amide bonds. The largest absolute Gasteiger partial charge is 0.368 e. The van der Waals surface area contributed by atoms with Gasteiger partial charge in [-0.15, -0.1) is 12.4 Å². The summed E-state index contributed by atoms with van der Waals surface area (Å²) < 4.78 is 0. The van der Waals surface area contributed by atoms with Crippen LogP contribution in [0, 0.1) is 5.41 Å². The van der Waals surface area contributed by atoms with Crippen LogP contribution in [0.3, 0.4) is 0 Å². The molecule has 0 aromatic carbocycles. The molecule has 0 spiro atoms. The van der Waals surface area contributed by atoms with Gasteiger partial charge >= 0.3 is 0 Å². The maximum absolute atomic E-state index is 11.8. The van der Waals surface area contributed by atoms with Crippen molar-refractivity contribution in [3.05, 3.63) is 18.3 Å². The number of halogens is 1. The van der Waals surface area contributed by atoms with Crippen LogP contribution >= 0.6 is 12.4 Å². The number of hydrogen-bond acceptors (Lipinski definition) is 4. The first kappa shape index (κ1) is 17.7. The molecule has 6 heteroatoms. The Hall–Kier alpha value is -1.33. The Morgan fingerprint density at radius 1 is 1.33 bits per heavy atom. The number of pyridine rings is 1. The summed E-state index contributed by atoms with van der Waals surface area (Å²) in [7, 11) is 0. The van der Waals surface area contributed by atoms with E-state index in [1.165, 1.54) is 0 Å². The highest BCUT2D eigenvalue weighted by atomic mass is 35.5. The van der Waals surface area contributed by atoms with Gasteiger partial charge in [-0.1, -0.05) is 20.8 Å². The molecule has 1 aromatic rings. The Balaban J connectivity index is 0.00000220. The Kier molecular flexibility index (Phi) is 6.42. The van der Waals surface area contributed by atoms with Gasteiger partial charge in [-0.25, -0.2) is 4.98 Å². The van der Waals surface area contributed by atoms with Crippen molar-refractivity contribution in [1.29, 1.82) is 0 Å². The molecule has 2 N–H and O–H groups in total. The van der Waals surface area contributed by atoms with Crippen molar-refractivity contribution in [2.75, 3.05) is 36.4 Å². The van der Waals surface area contributed by atoms with Crippen molar-refractivity contribution in [3.63, 3.8) is 0 Å². The molecule has 0 radical (unpaired) electrons. The summed E-state index contributed by atoms with van der Waals surface area (Å²) in [6.07, 6.45) is 2.33. The average Bonchev–Trinajstić information content (AvgIpc) is 2.38. The van der Waals surface area contributed by atoms with Crippen molar-refractivity contribution < 1.29 is 4.79 Å². The first-order valence-electron chi connectivity index (χ1n) is 7.16. The maximum Gasteiger partial charge on any atom is 0.226 e. The van der Waals surface area contributed by atoms with Gasteiger partial charge < -0.3 is 15.5 Å². The van der Waals surface area contributed by atoms with Gasteiger partial charge in [-0.2, -0.15) is 0 Å². The van der Waals surface area contributed by atoms with Crippen molar-refractivity contribution >= 4 is 29.8 Å². The molecule has 1 fully saturated rings. The van der Waals surface area contributed by atoms with Gasteiger partial charge in [0.1, 0.15) is 5.82 Å². The van der Waals surface area contributed by atoms with E-state index in [2.05, 4.69) is 20.5 Å². The lowest BCUT2D eigenvalue weighted by Crippen LogP contribution is -2.43. The van der Waals surface area contributed by atoms with Crippen molar-refractivity contribution in [3.8, 4) is 0 Å². The molecule has 1 aliphatic heterocycles. The topological polar surface area (TPSA) is 57.3 Å². The number of amides is 1. The van der Waals surface area contributed by atoms with Crippen LogP contribution < -0.4 is 15.5 Å². The summed E-state index contributed by atoms with van der Waals surface area (Å²) >= 11 is 0. The second kappa shape index (κ2) is 7.61. The van der Waals surface area contributed by atoms with Crippen LogP contribution in [0.15, 0.2) is 18.3 Å². The van der Waals surface area contributed by atoms with Gasteiger partial charge in [-0.3, -0.25) is 4.79 Å². The quantitative estimate of drug-likeness (QED) is 0.899. The Morgan fingerprint density at radius 2 is 2.00 bits per heavy atom. The third kappa shape index (κ3) is 5.89. The molecule has 5 nitrogen and oxygen atoms in total. The van der Waals surface area contributed by atoms with Gasteiger partial charge in [0.05, 0.1) is 11.9 Å². The van der Waals surface area contributed by atoms with E-state index in [1.807, 2.05) is 39.1 Å². The number of nitrogens with one attached hydrogen (secondary N) is 2. The summed E-state index contributed by atoms with van der Waals surface area (Å²) in [5, 5.41) is 6.17. The van der Waals surface area contributed by atoms with Crippen LogP contribution in [0.1, 0.15) is 27.2 Å². The van der Waals surface area contributed by atoms with Crippen LogP contribution in [0.2, 0.25) is 0 Å². The lowest BCUT2D eigenvalue weighted by atomic mass is 9.92. The standard InChI is InChI=1S/C15H24N4O.ClH/c1-15(2,3)10-14(20)18-13-5-4-12(11-17-13)19-8-6-16-7-9-19;/h4-5,11,16H,6-10H2,1-3H3,(H,17,18,20);1H. The Morgan fingerprint density at radius 3 is 2.52 bits per heavy atom. The van der Waals surface area contributed by atoms with E-state index in [-0.39, 0.29) is 23.7 Å². The zero-order valence-electron chi connectivity index (χ0n) is 13.0. The van der Waals surface area contributed by atoms with E-state index in [9.17, 15) is 4.79 Å². The fourth-order valence-corrected chi connectivity index (χ4v) is 2.24. The minimum Gasteiger partial charge on any atom is -0.368 e. The minimum atomic E-state index is -0.00910. The average molecular weight is 313 g/mol. The van der Waals surface area contributed by atoms with Crippen LogP contribution in [0.5, 0.6) is 0 Å². The number of hydrogen-bond donors (Lipinski definition) is 2. The molecule has 21 heavy (non-hydrogen) atoms. The van der Waals surface area contributed by atoms with Crippen LogP contribution in [-0.2, 0) is 4.79 Å². The molecule has 2 rings (SSSR count). The highest BCUT2D eigenvalue weighted by molar-refractivity contribution is 5.90. The molecule has 1 saturated heterocycles. The molecule has 0 unspecified atom stereocenters. The minimum absolute atomic E-state index is 0. The second-order valence-corrected chi connectivity index (χ2v) is 6.42. The lowest BCUT2D eigenvalue weighted by molar-refractivity contribution is -0.117. The number of rotatable bonds is 3. The number of carbonyl (C=O) groups excluding carboxylic acids is 1. The first-order valence-corrected chi connectivity index (χ1v) is 7.16. The molecular formula is C15H25ClN4O. The van der Waals surface area contributed by atoms with E-state index in [1.54, 1.807) is 0 Å². The molecule has 2 heterocycles. The molecule has 0 bridgehead atoms. The summed E-state index contributed by atoms with van der Waals surface area (Å²) in [5.41, 5.74) is 1.10. The molecule has 0 atom stereocenters. The van der Waals surface area contributed by atoms with Crippen LogP contribution in [-0.4, -0.2) is 37.1 Å². The number of nitrogens with zero attached hydrogens (tertiary/aromatic N) is 2. The second-order valence-electron chi connectivity index (χ2n) is 6.42. The van der Waals surface area contributed by atoms with Gasteiger partial charge in [0.25, 0.3) is 0 Å². The summed E-state index contributed by atoms with van der Waals surface area (Å²) in [6, 6.07) is 3.89. The van der Waals surface area contributed by atoms with Crippen molar-refractivity contribution in [2.45, 2.75) is 27.2 Å². The zero-order chi connectivity index (χ0) is 14.6. The van der Waals surface area contributed by atoms with E-state index < -0.39 is 0 Å². The van der Waals surface area contributed by atoms with Gasteiger partial charge in [0.2, 0.25) is 5.91 Å². The molecule has 1 aliphatic rings. The Labute approximate surface area is 132 Å². The van der Waals surface area contributed by atoms with E-state index >= 15 is 0 Å². The van der Waals surface area contributed by atoms with E-state index in [4.69, 9.17) is 0 Å². The summed E-state index contributed by atoms with van der Waals surface area (Å²) in [5.74, 6) is 0.637. The number of piperazine rings is 1. The van der Waals surface area contributed by atoms with Gasteiger partial charge in [0, 0.05) is 32.6 Å². The number of anilines is 2. The van der Waals surface area contributed by atoms with Crippen LogP contribution in [0.4, 0.5) is 11.5 Å². The first-order chi connectivity index (χ1) is 9.44. The predicted octanol–water partition coefficient (Wildman–Crippen LogP) is 2.29. The number of aromatic nitrogens is 1. The fraction of sp³-hybridized carbons (Fsp3) is 0.600. The number of carbonyl (C=O) groups is 1. The van der Waals surface area contributed by atoms with Gasteiger partial charge in [-0.05, 0) is 17.5 Å². The van der Waals surface area contributed by atoms with Crippen LogP contribution in [0.25, 0.3) is 0 Å². The fourth-order valence-electron chi connectivity index (χ4n) is 2.24. The highest BCUT2D eigenvalue weighted by Crippen LogP contribution is 2.20. The summed E-state index contributed by atoms with van der Waals surface area (Å²) in [6.45, 7) is 10.2. The molecule has 118 valence electrons. The maximum atomic E-state index is 11.8. The summed E-state index contributed by atoms with van der Waals surface area (Å²) in [4.78, 5) is 18.5. The van der Waals surface area contributed by atoms with Crippen molar-refractivity contribution in [2.24, 2.45) is 5.41 Å². The molecular weight excluding hydrogens is 288 g/mol. The third-order valence-electron chi connectivity index (χ3n) is 3.19. The molecule has 0 saturated carbocycles.